The molecule has 7 nitrogen and oxygen atoms in total. The highest BCUT2D eigenvalue weighted by Crippen LogP contribution is 2.39. The van der Waals surface area contributed by atoms with Crippen molar-refractivity contribution in [3.8, 4) is 0 Å². The topological polar surface area (TPSA) is 65.1 Å². The minimum Gasteiger partial charge on any atom is -0.375 e. The summed E-state index contributed by atoms with van der Waals surface area (Å²) in [6, 6.07) is 3.38. The highest BCUT2D eigenvalue weighted by Gasteiger charge is 2.39. The van der Waals surface area contributed by atoms with Crippen LogP contribution in [0.4, 0.5) is 5.69 Å². The van der Waals surface area contributed by atoms with Gasteiger partial charge >= 0.3 is 0 Å². The largest absolute Gasteiger partial charge is 0.375 e. The highest BCUT2D eigenvalue weighted by atomic mass is 35.5. The molecule has 1 aromatic rings. The minimum atomic E-state index is -0.472. The van der Waals surface area contributed by atoms with Crippen LogP contribution in [0.2, 0.25) is 11.8 Å². The Morgan fingerprint density at radius 2 is 1.81 bits per heavy atom. The van der Waals surface area contributed by atoms with E-state index in [2.05, 4.69) is 35.5 Å². The third kappa shape index (κ3) is 6.03. The Morgan fingerprint density at radius 3 is 2.49 bits per heavy atom. The van der Waals surface area contributed by atoms with E-state index in [1.54, 1.807) is 4.90 Å². The second kappa shape index (κ2) is 12.1. The SMILES string of the molecule is C=C1CCC(N2Cc3c(ccc(N4CCC(OC5CCN(CCP[B]C)CC5)CC4)c3Cl)C2=O)C(=O)N1. The Balaban J connectivity index is 1.14. The number of amides is 2. The van der Waals surface area contributed by atoms with Crippen LogP contribution in [0, 0.1) is 0 Å². The molecule has 199 valence electrons. The zero-order valence-electron chi connectivity index (χ0n) is 21.8. The lowest BCUT2D eigenvalue weighted by atomic mass is 10.0. The lowest BCUT2D eigenvalue weighted by Gasteiger charge is -2.38. The molecule has 1 N–H and O–H groups in total. The first-order valence-electron chi connectivity index (χ1n) is 13.7. The van der Waals surface area contributed by atoms with Crippen LogP contribution >= 0.6 is 20.1 Å². The Hall–Kier alpha value is -1.60. The van der Waals surface area contributed by atoms with E-state index in [0.717, 1.165) is 71.6 Å². The number of fused-ring (bicyclic) bond motifs is 1. The monoisotopic (exact) mass is 543 g/mol. The van der Waals surface area contributed by atoms with Gasteiger partial charge < -0.3 is 24.8 Å². The number of carbonyl (C=O) groups excluding carboxylic acids is 2. The number of rotatable bonds is 8. The van der Waals surface area contributed by atoms with Gasteiger partial charge in [-0.1, -0.05) is 25.0 Å². The summed E-state index contributed by atoms with van der Waals surface area (Å²) in [5, 5.41) is 3.43. The van der Waals surface area contributed by atoms with Gasteiger partial charge in [0.1, 0.15) is 13.0 Å². The average molecular weight is 544 g/mol. The van der Waals surface area contributed by atoms with E-state index >= 15 is 0 Å². The Kier molecular flexibility index (Phi) is 8.80. The van der Waals surface area contributed by atoms with Gasteiger partial charge in [0.15, 0.2) is 0 Å². The molecule has 3 saturated heterocycles. The van der Waals surface area contributed by atoms with Gasteiger partial charge in [0.2, 0.25) is 5.91 Å². The summed E-state index contributed by atoms with van der Waals surface area (Å²) in [4.78, 5) is 32.2. The molecule has 0 aliphatic carbocycles. The van der Waals surface area contributed by atoms with Crippen molar-refractivity contribution < 1.29 is 14.3 Å². The van der Waals surface area contributed by atoms with E-state index in [-0.39, 0.29) is 11.8 Å². The Bertz CT molecular complexity index is 1030. The smallest absolute Gasteiger partial charge is 0.255 e. The van der Waals surface area contributed by atoms with E-state index in [4.69, 9.17) is 16.3 Å². The number of likely N-dealkylation sites (tertiary alicyclic amines) is 1. The van der Waals surface area contributed by atoms with Crippen LogP contribution < -0.4 is 10.2 Å². The number of nitrogens with zero attached hydrogens (tertiary/aromatic N) is 3. The normalized spacial score (nSPS) is 24.3. The summed E-state index contributed by atoms with van der Waals surface area (Å²) in [6.07, 6.45) is 7.47. The van der Waals surface area contributed by atoms with Crippen molar-refractivity contribution in [2.45, 2.75) is 70.1 Å². The summed E-state index contributed by atoms with van der Waals surface area (Å²) in [5.74, 6) is -0.268. The number of anilines is 1. The van der Waals surface area contributed by atoms with Crippen LogP contribution in [0.3, 0.4) is 0 Å². The molecule has 0 spiro atoms. The number of hydrogen-bond donors (Lipinski definition) is 1. The van der Waals surface area contributed by atoms with Crippen molar-refractivity contribution in [3.63, 3.8) is 0 Å². The second-order valence-electron chi connectivity index (χ2n) is 10.6. The molecule has 2 atom stereocenters. The number of hydrogen-bond acceptors (Lipinski definition) is 5. The van der Waals surface area contributed by atoms with Gasteiger partial charge in [-0.05, 0) is 56.8 Å². The molecule has 1 aromatic carbocycles. The first-order valence-corrected chi connectivity index (χ1v) is 15.4. The van der Waals surface area contributed by atoms with E-state index in [0.29, 0.717) is 47.9 Å². The molecule has 0 bridgehead atoms. The predicted molar refractivity (Wildman–Crippen MR) is 152 cm³/mol. The van der Waals surface area contributed by atoms with Crippen LogP contribution in [0.1, 0.15) is 54.4 Å². The molecule has 10 heteroatoms. The number of halogens is 1. The second-order valence-corrected chi connectivity index (χ2v) is 12.5. The lowest BCUT2D eigenvalue weighted by molar-refractivity contribution is -0.126. The molecule has 2 amide bonds. The molecule has 3 fully saturated rings. The van der Waals surface area contributed by atoms with Crippen LogP contribution in [0.5, 0.6) is 0 Å². The predicted octanol–water partition coefficient (Wildman–Crippen LogP) is 3.88. The minimum absolute atomic E-state index is 0.113. The van der Waals surface area contributed by atoms with Gasteiger partial charge in [-0.3, -0.25) is 9.59 Å². The number of ether oxygens (including phenoxy) is 1. The standard InChI is InChI=1S/C27H38BClN4O3P/c1-18-3-5-24(26(34)30-18)33-17-22-21(27(33)35)4-6-23(25(22)29)32-13-9-20(10-14-32)36-19-7-11-31(12-8-19)15-16-37-28-2/h4,6,19-20,24,37H,1,3,5,7-17H2,2H3,(H,30,34). The third-order valence-electron chi connectivity index (χ3n) is 8.22. The fraction of sp³-hybridized carbons (Fsp3) is 0.630. The van der Waals surface area contributed by atoms with Crippen molar-refractivity contribution in [2.24, 2.45) is 0 Å². The van der Waals surface area contributed by atoms with Crippen LogP contribution in [-0.4, -0.2) is 85.7 Å². The quantitative estimate of drug-likeness (QED) is 0.306. The van der Waals surface area contributed by atoms with Gasteiger partial charge in [0.25, 0.3) is 5.91 Å². The zero-order valence-corrected chi connectivity index (χ0v) is 23.6. The van der Waals surface area contributed by atoms with Crippen molar-refractivity contribution in [3.05, 3.63) is 40.6 Å². The van der Waals surface area contributed by atoms with Gasteiger partial charge in [-0.15, -0.1) is 0 Å². The van der Waals surface area contributed by atoms with E-state index in [9.17, 15) is 9.59 Å². The zero-order chi connectivity index (χ0) is 25.9. The van der Waals surface area contributed by atoms with Crippen LogP contribution in [0.15, 0.2) is 24.4 Å². The van der Waals surface area contributed by atoms with Crippen molar-refractivity contribution in [2.75, 3.05) is 43.8 Å². The summed E-state index contributed by atoms with van der Waals surface area (Å²) < 4.78 is 6.52. The van der Waals surface area contributed by atoms with Crippen molar-refractivity contribution >= 4 is 44.6 Å². The summed E-state index contributed by atoms with van der Waals surface area (Å²) in [5.41, 5.74) is 3.14. The van der Waals surface area contributed by atoms with Gasteiger partial charge in [-0.2, -0.15) is 8.46 Å². The molecule has 0 saturated carbocycles. The number of piperidine rings is 3. The molecule has 1 radical (unpaired) electrons. The number of nitrogens with one attached hydrogen (secondary N) is 1. The molecule has 0 aromatic heterocycles. The fourth-order valence-corrected chi connectivity index (χ4v) is 7.14. The summed E-state index contributed by atoms with van der Waals surface area (Å²) in [7, 11) is 0.969. The molecular formula is C27H38BClN4O3P. The molecule has 5 rings (SSSR count). The number of allylic oxidation sites excluding steroid dienone is 1. The maximum Gasteiger partial charge on any atom is 0.255 e. The maximum absolute atomic E-state index is 13.1. The Morgan fingerprint density at radius 1 is 1.11 bits per heavy atom. The van der Waals surface area contributed by atoms with Crippen LogP contribution in [-0.2, 0) is 16.1 Å². The van der Waals surface area contributed by atoms with Crippen LogP contribution in [0.25, 0.3) is 0 Å². The molecule has 37 heavy (non-hydrogen) atoms. The van der Waals surface area contributed by atoms with E-state index < -0.39 is 6.04 Å². The first kappa shape index (κ1) is 27.0. The van der Waals surface area contributed by atoms with Gasteiger partial charge in [0, 0.05) is 56.1 Å². The van der Waals surface area contributed by atoms with Crippen molar-refractivity contribution in [1.29, 1.82) is 0 Å². The van der Waals surface area contributed by atoms with Crippen molar-refractivity contribution in [1.82, 2.24) is 15.1 Å². The lowest BCUT2D eigenvalue weighted by Crippen LogP contribution is -2.49. The summed E-state index contributed by atoms with van der Waals surface area (Å²) in [6.45, 7) is 13.9. The number of benzene rings is 1. The van der Waals surface area contributed by atoms with E-state index in [1.807, 2.05) is 12.1 Å². The molecular weight excluding hydrogens is 506 g/mol. The number of carbonyl (C=O) groups is 2. The first-order chi connectivity index (χ1) is 17.9. The molecule has 4 heterocycles. The summed E-state index contributed by atoms with van der Waals surface area (Å²) >= 11 is 6.90. The maximum atomic E-state index is 13.1. The third-order valence-corrected chi connectivity index (χ3v) is 9.56. The van der Waals surface area contributed by atoms with Gasteiger partial charge in [-0.25, -0.2) is 0 Å². The van der Waals surface area contributed by atoms with Gasteiger partial charge in [0.05, 0.1) is 22.9 Å². The molecule has 4 aliphatic rings. The molecule has 4 aliphatic heterocycles. The Labute approximate surface area is 228 Å². The fourth-order valence-electron chi connectivity index (χ4n) is 6.06. The average Bonchev–Trinajstić information content (AvgIpc) is 3.23. The highest BCUT2D eigenvalue weighted by molar-refractivity contribution is 7.70. The van der Waals surface area contributed by atoms with E-state index in [1.165, 1.54) is 12.7 Å². The molecule has 2 unspecified atom stereocenters.